The van der Waals surface area contributed by atoms with Gasteiger partial charge in [-0.1, -0.05) is 0 Å². The SMILES string of the molecule is [2H]c1c(C)c2c(=O)n(CCCCC(=O)C([2H])([2H])[2H])c(=O)n(C)c2n1C. The summed E-state index contributed by atoms with van der Waals surface area (Å²) in [5.74, 6) is -0.819. The monoisotopic (exact) mass is 295 g/mol. The van der Waals surface area contributed by atoms with E-state index < -0.39 is 23.9 Å². The molecule has 0 aliphatic carbocycles. The lowest BCUT2D eigenvalue weighted by molar-refractivity contribution is -0.117. The Labute approximate surface area is 128 Å². The maximum absolute atomic E-state index is 12.7. The number of aryl methyl sites for hydroxylation is 3. The Morgan fingerprint density at radius 2 is 2.05 bits per heavy atom. The van der Waals surface area contributed by atoms with E-state index in [0.717, 1.165) is 4.57 Å². The molecule has 0 radical (unpaired) electrons. The van der Waals surface area contributed by atoms with Gasteiger partial charge in [-0.15, -0.1) is 0 Å². The van der Waals surface area contributed by atoms with E-state index in [1.54, 1.807) is 14.0 Å². The van der Waals surface area contributed by atoms with Crippen molar-refractivity contribution in [1.82, 2.24) is 13.7 Å². The van der Waals surface area contributed by atoms with Crippen LogP contribution in [0.1, 0.15) is 37.2 Å². The van der Waals surface area contributed by atoms with Crippen molar-refractivity contribution < 1.29 is 10.3 Å². The van der Waals surface area contributed by atoms with Crippen molar-refractivity contribution in [2.75, 3.05) is 0 Å². The van der Waals surface area contributed by atoms with Gasteiger partial charge < -0.3 is 9.36 Å². The zero-order chi connectivity index (χ0) is 19.1. The molecule has 0 unspecified atom stereocenters. The fourth-order valence-electron chi connectivity index (χ4n) is 2.59. The molecular formula is C15H21N3O3. The number of fused-ring (bicyclic) bond motifs is 1. The van der Waals surface area contributed by atoms with Gasteiger partial charge in [0.25, 0.3) is 5.56 Å². The molecule has 0 fully saturated rings. The summed E-state index contributed by atoms with van der Waals surface area (Å²) >= 11 is 0. The van der Waals surface area contributed by atoms with Crippen LogP contribution in [0.4, 0.5) is 0 Å². The fourth-order valence-corrected chi connectivity index (χ4v) is 2.59. The molecule has 0 spiro atoms. The number of ketones is 1. The Balaban J connectivity index is 2.31. The van der Waals surface area contributed by atoms with Gasteiger partial charge in [0.05, 0.1) is 6.76 Å². The molecule has 6 heteroatoms. The summed E-state index contributed by atoms with van der Waals surface area (Å²) in [5, 5.41) is 0.327. The normalized spacial score (nSPS) is 14.6. The third-order valence-electron chi connectivity index (χ3n) is 3.58. The molecule has 0 N–H and O–H groups in total. The molecule has 0 aliphatic heterocycles. The highest BCUT2D eigenvalue weighted by molar-refractivity contribution is 5.79. The quantitative estimate of drug-likeness (QED) is 0.776. The Morgan fingerprint density at radius 1 is 1.33 bits per heavy atom. The Kier molecular flexibility index (Phi) is 2.88. The molecule has 0 atom stereocenters. The summed E-state index contributed by atoms with van der Waals surface area (Å²) in [4.78, 5) is 36.5. The van der Waals surface area contributed by atoms with E-state index in [4.69, 9.17) is 5.48 Å². The smallest absolute Gasteiger partial charge is 0.332 e. The van der Waals surface area contributed by atoms with Crippen molar-refractivity contribution in [3.63, 3.8) is 0 Å². The van der Waals surface area contributed by atoms with Crippen LogP contribution >= 0.6 is 0 Å². The van der Waals surface area contributed by atoms with Crippen molar-refractivity contribution in [3.8, 4) is 0 Å². The summed E-state index contributed by atoms with van der Waals surface area (Å²) in [6.07, 6.45) is 0.669. The molecular weight excluding hydrogens is 270 g/mol. The van der Waals surface area contributed by atoms with Gasteiger partial charge in [0.15, 0.2) is 0 Å². The number of Topliss-reactive ketones (excluding diaryl/α,β-unsaturated/α-hetero) is 1. The highest BCUT2D eigenvalue weighted by Gasteiger charge is 2.15. The van der Waals surface area contributed by atoms with E-state index in [-0.39, 0.29) is 25.6 Å². The van der Waals surface area contributed by atoms with Crippen LogP contribution in [-0.2, 0) is 25.4 Å². The van der Waals surface area contributed by atoms with Crippen molar-refractivity contribution in [3.05, 3.63) is 32.6 Å². The van der Waals surface area contributed by atoms with Crippen LogP contribution in [0.25, 0.3) is 11.0 Å². The largest absolute Gasteiger partial charge is 0.336 e. The van der Waals surface area contributed by atoms with Crippen LogP contribution in [-0.4, -0.2) is 19.5 Å². The third-order valence-corrected chi connectivity index (χ3v) is 3.58. The van der Waals surface area contributed by atoms with Crippen molar-refractivity contribution in [2.45, 2.75) is 39.6 Å². The van der Waals surface area contributed by atoms with Gasteiger partial charge in [0.1, 0.15) is 11.4 Å². The zero-order valence-electron chi connectivity index (χ0n) is 16.4. The number of aromatic nitrogens is 3. The molecule has 0 bridgehead atoms. The second-order valence-electron chi connectivity index (χ2n) is 5.17. The first-order valence-electron chi connectivity index (χ1n) is 8.77. The second kappa shape index (κ2) is 5.71. The molecule has 6 nitrogen and oxygen atoms in total. The third kappa shape index (κ3) is 2.70. The molecule has 0 aliphatic rings. The van der Waals surface area contributed by atoms with Gasteiger partial charge in [-0.05, 0) is 32.2 Å². The average molecular weight is 295 g/mol. The number of carbonyl (C=O) groups excluding carboxylic acids is 1. The van der Waals surface area contributed by atoms with Gasteiger partial charge in [-0.25, -0.2) is 4.79 Å². The minimum Gasteiger partial charge on any atom is -0.336 e. The molecule has 0 saturated heterocycles. The highest BCUT2D eigenvalue weighted by atomic mass is 16.2. The maximum atomic E-state index is 12.7. The van der Waals surface area contributed by atoms with E-state index in [1.165, 1.54) is 16.2 Å². The number of hydrogen-bond donors (Lipinski definition) is 0. The topological polar surface area (TPSA) is 66.0 Å². The molecule has 0 saturated carbocycles. The fraction of sp³-hybridized carbons (Fsp3) is 0.533. The molecule has 0 aromatic carbocycles. The first-order chi connectivity index (χ1) is 11.5. The van der Waals surface area contributed by atoms with Crippen LogP contribution < -0.4 is 11.2 Å². The second-order valence-corrected chi connectivity index (χ2v) is 5.17. The van der Waals surface area contributed by atoms with E-state index >= 15 is 0 Å². The van der Waals surface area contributed by atoms with Gasteiger partial charge in [-0.3, -0.25) is 13.9 Å². The minimum atomic E-state index is -2.61. The molecule has 21 heavy (non-hydrogen) atoms. The predicted molar refractivity (Wildman–Crippen MR) is 81.7 cm³/mol. The summed E-state index contributed by atoms with van der Waals surface area (Å²) in [6.45, 7) is -0.856. The number of hydrogen-bond acceptors (Lipinski definition) is 3. The Bertz CT molecular complexity index is 950. The number of carbonyl (C=O) groups is 1. The van der Waals surface area contributed by atoms with E-state index in [1.807, 2.05) is 0 Å². The van der Waals surface area contributed by atoms with Crippen molar-refractivity contribution in [1.29, 1.82) is 0 Å². The first-order valence-corrected chi connectivity index (χ1v) is 6.77. The Morgan fingerprint density at radius 3 is 2.71 bits per heavy atom. The predicted octanol–water partition coefficient (Wildman–Crippen LogP) is 1.11. The Hall–Kier alpha value is -2.11. The summed E-state index contributed by atoms with van der Waals surface area (Å²) < 4.78 is 33.0. The first kappa shape index (κ1) is 10.6. The van der Waals surface area contributed by atoms with Crippen LogP contribution in [0.3, 0.4) is 0 Å². The summed E-state index contributed by atoms with van der Waals surface area (Å²) in [7, 11) is 3.17. The maximum Gasteiger partial charge on any atom is 0.332 e. The molecule has 0 amide bonds. The number of unbranched alkanes of at least 4 members (excludes halogenated alkanes) is 1. The molecule has 114 valence electrons. The molecule has 2 rings (SSSR count). The van der Waals surface area contributed by atoms with Crippen LogP contribution in [0.15, 0.2) is 15.8 Å². The minimum absolute atomic E-state index is 0.0946. The lowest BCUT2D eigenvalue weighted by Crippen LogP contribution is -2.39. The zero-order valence-corrected chi connectivity index (χ0v) is 12.4. The van der Waals surface area contributed by atoms with Gasteiger partial charge >= 0.3 is 5.69 Å². The van der Waals surface area contributed by atoms with E-state index in [0.29, 0.717) is 23.0 Å². The molecule has 2 aromatic heterocycles. The van der Waals surface area contributed by atoms with Crippen molar-refractivity contribution in [2.24, 2.45) is 14.1 Å². The summed E-state index contributed by atoms with van der Waals surface area (Å²) in [5.41, 5.74) is -0.0668. The molecule has 2 aromatic rings. The van der Waals surface area contributed by atoms with E-state index in [9.17, 15) is 14.4 Å². The lowest BCUT2D eigenvalue weighted by atomic mass is 10.2. The van der Waals surface area contributed by atoms with Crippen LogP contribution in [0.2, 0.25) is 0 Å². The number of rotatable bonds is 5. The van der Waals surface area contributed by atoms with Crippen molar-refractivity contribution >= 4 is 16.8 Å². The van der Waals surface area contributed by atoms with Crippen LogP contribution in [0.5, 0.6) is 0 Å². The number of nitrogens with zero attached hydrogens (tertiary/aromatic N) is 3. The average Bonchev–Trinajstić information content (AvgIpc) is 2.75. The van der Waals surface area contributed by atoms with Gasteiger partial charge in [0.2, 0.25) is 0 Å². The van der Waals surface area contributed by atoms with Gasteiger partial charge in [-0.2, -0.15) is 0 Å². The lowest BCUT2D eigenvalue weighted by Gasteiger charge is -2.09. The summed E-state index contributed by atoms with van der Waals surface area (Å²) in [6, 6.07) is 0. The molecule has 2 heterocycles. The van der Waals surface area contributed by atoms with E-state index in [2.05, 4.69) is 0 Å². The highest BCUT2D eigenvalue weighted by Crippen LogP contribution is 2.13. The standard InChI is InChI=1S/C15H21N3O3/c1-10-9-16(3)13-12(10)14(20)18(15(21)17(13)4)8-6-5-7-11(2)19/h9H,5-8H2,1-4H3/i2D3,9D. The van der Waals surface area contributed by atoms with Crippen LogP contribution in [0, 0.1) is 6.92 Å². The van der Waals surface area contributed by atoms with Gasteiger partial charge in [0, 0.05) is 37.3 Å².